The van der Waals surface area contributed by atoms with Crippen LogP contribution in [0.25, 0.3) is 5.78 Å². The van der Waals surface area contributed by atoms with Crippen LogP contribution in [-0.2, 0) is 6.42 Å². The fourth-order valence-electron chi connectivity index (χ4n) is 2.14. The molecule has 2 rings (SSSR count). The molecule has 0 aliphatic carbocycles. The summed E-state index contributed by atoms with van der Waals surface area (Å²) in [7, 11) is 0. The maximum absolute atomic E-state index is 8.86. The van der Waals surface area contributed by atoms with Gasteiger partial charge >= 0.3 is 0 Å². The lowest BCUT2D eigenvalue weighted by Crippen LogP contribution is -2.05. The quantitative estimate of drug-likeness (QED) is 0.791. The molecule has 0 saturated heterocycles. The van der Waals surface area contributed by atoms with Gasteiger partial charge in [-0.1, -0.05) is 25.1 Å². The molecule has 2 aromatic heterocycles. The first-order chi connectivity index (χ1) is 9.56. The summed E-state index contributed by atoms with van der Waals surface area (Å²) in [5, 5.41) is 13.8. The van der Waals surface area contributed by atoms with Crippen LogP contribution in [-0.4, -0.2) is 24.8 Å². The second-order valence-electron chi connectivity index (χ2n) is 4.86. The Morgan fingerprint density at radius 1 is 1.35 bits per heavy atom. The molecule has 2 heterocycles. The Labute approximate surface area is 123 Å². The van der Waals surface area contributed by atoms with Crippen molar-refractivity contribution < 1.29 is 0 Å². The minimum atomic E-state index is -0.159. The second-order valence-corrected chi connectivity index (χ2v) is 6.17. The normalized spacial score (nSPS) is 12.6. The van der Waals surface area contributed by atoms with E-state index in [1.54, 1.807) is 4.52 Å². The lowest BCUT2D eigenvalue weighted by atomic mass is 10.1. The average molecular weight is 289 g/mol. The highest BCUT2D eigenvalue weighted by Crippen LogP contribution is 2.22. The van der Waals surface area contributed by atoms with Gasteiger partial charge in [-0.2, -0.15) is 10.2 Å². The standard InChI is InChI=1S/C14H19N5S/c1-5-6-7-12-10(3)16-13-17-14(20-9(2)8-15)18-19(13)11(12)4/h9H,5-7H2,1-4H3/t9-/m1/s1. The average Bonchev–Trinajstić information content (AvgIpc) is 2.81. The van der Waals surface area contributed by atoms with Gasteiger partial charge in [0.15, 0.2) is 0 Å². The Bertz CT molecular complexity index is 656. The van der Waals surface area contributed by atoms with Crippen molar-refractivity contribution in [2.75, 3.05) is 0 Å². The molecule has 0 aliphatic heterocycles. The molecule has 0 aromatic carbocycles. The molecular weight excluding hydrogens is 270 g/mol. The highest BCUT2D eigenvalue weighted by Gasteiger charge is 2.14. The van der Waals surface area contributed by atoms with Gasteiger partial charge in [0.05, 0.1) is 11.3 Å². The van der Waals surface area contributed by atoms with Crippen LogP contribution >= 0.6 is 11.8 Å². The number of hydrogen-bond acceptors (Lipinski definition) is 5. The molecule has 0 saturated carbocycles. The van der Waals surface area contributed by atoms with Gasteiger partial charge in [0, 0.05) is 11.4 Å². The van der Waals surface area contributed by atoms with Gasteiger partial charge in [-0.3, -0.25) is 0 Å². The molecule has 0 amide bonds. The first-order valence-electron chi connectivity index (χ1n) is 6.86. The highest BCUT2D eigenvalue weighted by molar-refractivity contribution is 8.00. The van der Waals surface area contributed by atoms with E-state index in [0.717, 1.165) is 30.7 Å². The summed E-state index contributed by atoms with van der Waals surface area (Å²) in [5.41, 5.74) is 3.39. The summed E-state index contributed by atoms with van der Waals surface area (Å²) in [6, 6.07) is 2.18. The zero-order valence-corrected chi connectivity index (χ0v) is 13.2. The predicted octanol–water partition coefficient (Wildman–Crippen LogP) is 3.09. The number of nitrogens with zero attached hydrogens (tertiary/aromatic N) is 5. The van der Waals surface area contributed by atoms with Crippen molar-refractivity contribution in [1.82, 2.24) is 19.6 Å². The van der Waals surface area contributed by atoms with Crippen molar-refractivity contribution in [1.29, 1.82) is 5.26 Å². The second kappa shape index (κ2) is 6.23. The molecule has 0 spiro atoms. The van der Waals surface area contributed by atoms with Gasteiger partial charge in [0.25, 0.3) is 5.78 Å². The Hall–Kier alpha value is -1.61. The Kier molecular flexibility index (Phi) is 4.61. The first kappa shape index (κ1) is 14.8. The summed E-state index contributed by atoms with van der Waals surface area (Å²) in [4.78, 5) is 8.93. The number of rotatable bonds is 5. The Balaban J connectivity index is 2.42. The van der Waals surface area contributed by atoms with E-state index in [1.807, 2.05) is 13.8 Å². The minimum Gasteiger partial charge on any atom is -0.216 e. The number of hydrogen-bond donors (Lipinski definition) is 0. The third-order valence-corrected chi connectivity index (χ3v) is 4.12. The Morgan fingerprint density at radius 3 is 2.75 bits per heavy atom. The molecule has 0 unspecified atom stereocenters. The monoisotopic (exact) mass is 289 g/mol. The van der Waals surface area contributed by atoms with E-state index in [1.165, 1.54) is 17.3 Å². The number of unbranched alkanes of at least 4 members (excludes halogenated alkanes) is 1. The zero-order chi connectivity index (χ0) is 14.7. The highest BCUT2D eigenvalue weighted by atomic mass is 32.2. The molecule has 0 N–H and O–H groups in total. The molecule has 2 aromatic rings. The van der Waals surface area contributed by atoms with Gasteiger partial charge in [-0.25, -0.2) is 9.50 Å². The van der Waals surface area contributed by atoms with Gasteiger partial charge < -0.3 is 0 Å². The number of aryl methyl sites for hydroxylation is 2. The summed E-state index contributed by atoms with van der Waals surface area (Å²) in [6.45, 7) is 8.11. The van der Waals surface area contributed by atoms with Gasteiger partial charge in [0.2, 0.25) is 5.16 Å². The summed E-state index contributed by atoms with van der Waals surface area (Å²) in [6.07, 6.45) is 3.33. The third-order valence-electron chi connectivity index (χ3n) is 3.27. The SMILES string of the molecule is CCCCc1c(C)nc2nc(S[C@H](C)C#N)nn2c1C. The van der Waals surface area contributed by atoms with E-state index in [-0.39, 0.29) is 5.25 Å². The van der Waals surface area contributed by atoms with E-state index in [9.17, 15) is 0 Å². The maximum atomic E-state index is 8.86. The van der Waals surface area contributed by atoms with E-state index >= 15 is 0 Å². The fourth-order valence-corrected chi connectivity index (χ4v) is 2.77. The molecule has 5 nitrogen and oxygen atoms in total. The summed E-state index contributed by atoms with van der Waals surface area (Å²) >= 11 is 1.36. The van der Waals surface area contributed by atoms with Crippen molar-refractivity contribution in [3.63, 3.8) is 0 Å². The van der Waals surface area contributed by atoms with Crippen molar-refractivity contribution in [3.8, 4) is 6.07 Å². The van der Waals surface area contributed by atoms with Crippen LogP contribution in [0.1, 0.15) is 43.6 Å². The number of nitriles is 1. The summed E-state index contributed by atoms with van der Waals surface area (Å²) < 4.78 is 1.80. The molecule has 0 aliphatic rings. The number of fused-ring (bicyclic) bond motifs is 1. The van der Waals surface area contributed by atoms with Crippen LogP contribution in [0.4, 0.5) is 0 Å². The molecule has 20 heavy (non-hydrogen) atoms. The number of thioether (sulfide) groups is 1. The molecule has 0 radical (unpaired) electrons. The van der Waals surface area contributed by atoms with Crippen molar-refractivity contribution in [2.45, 2.75) is 57.4 Å². The van der Waals surface area contributed by atoms with E-state index in [4.69, 9.17) is 5.26 Å². The molecule has 0 bridgehead atoms. The smallest absolute Gasteiger partial charge is 0.216 e. The van der Waals surface area contributed by atoms with Gasteiger partial charge in [-0.05, 0) is 39.2 Å². The first-order valence-corrected chi connectivity index (χ1v) is 7.74. The van der Waals surface area contributed by atoms with Crippen LogP contribution < -0.4 is 0 Å². The minimum absolute atomic E-state index is 0.159. The molecular formula is C14H19N5S. The topological polar surface area (TPSA) is 66.9 Å². The van der Waals surface area contributed by atoms with E-state index in [0.29, 0.717) is 10.9 Å². The maximum Gasteiger partial charge on any atom is 0.253 e. The van der Waals surface area contributed by atoms with Crippen LogP contribution in [0.2, 0.25) is 0 Å². The molecule has 0 fully saturated rings. The van der Waals surface area contributed by atoms with Gasteiger partial charge in [-0.15, -0.1) is 5.10 Å². The van der Waals surface area contributed by atoms with E-state index < -0.39 is 0 Å². The van der Waals surface area contributed by atoms with Crippen LogP contribution in [0, 0.1) is 25.2 Å². The molecule has 1 atom stereocenters. The van der Waals surface area contributed by atoms with E-state index in [2.05, 4.69) is 35.0 Å². The van der Waals surface area contributed by atoms with Crippen molar-refractivity contribution in [3.05, 3.63) is 17.0 Å². The lowest BCUT2D eigenvalue weighted by Gasteiger charge is -2.09. The predicted molar refractivity (Wildman–Crippen MR) is 79.8 cm³/mol. The van der Waals surface area contributed by atoms with Crippen LogP contribution in [0.5, 0.6) is 0 Å². The molecule has 106 valence electrons. The van der Waals surface area contributed by atoms with Crippen molar-refractivity contribution >= 4 is 17.5 Å². The zero-order valence-electron chi connectivity index (χ0n) is 12.3. The van der Waals surface area contributed by atoms with Crippen LogP contribution in [0.3, 0.4) is 0 Å². The Morgan fingerprint density at radius 2 is 2.10 bits per heavy atom. The lowest BCUT2D eigenvalue weighted by molar-refractivity contribution is 0.753. The van der Waals surface area contributed by atoms with Crippen LogP contribution in [0.15, 0.2) is 5.16 Å². The third kappa shape index (κ3) is 2.93. The fraction of sp³-hybridized carbons (Fsp3) is 0.571. The molecule has 6 heteroatoms. The van der Waals surface area contributed by atoms with Gasteiger partial charge in [0.1, 0.15) is 0 Å². The van der Waals surface area contributed by atoms with Crippen molar-refractivity contribution in [2.24, 2.45) is 0 Å². The summed E-state index contributed by atoms with van der Waals surface area (Å²) in [5.74, 6) is 0.618. The largest absolute Gasteiger partial charge is 0.253 e. The number of aromatic nitrogens is 4.